The molecule has 0 N–H and O–H groups in total. The summed E-state index contributed by atoms with van der Waals surface area (Å²) in [5, 5.41) is 0. The van der Waals surface area contributed by atoms with Gasteiger partial charge >= 0.3 is 0 Å². The first-order valence-electron chi connectivity index (χ1n) is 9.74. The molecule has 5 nitrogen and oxygen atoms in total. The minimum Gasteiger partial charge on any atom is -0.306 e. The summed E-state index contributed by atoms with van der Waals surface area (Å²) in [5.41, 5.74) is 3.09. The molecule has 2 aromatic carbocycles. The molecule has 28 heavy (non-hydrogen) atoms. The van der Waals surface area contributed by atoms with Crippen molar-refractivity contribution >= 4 is 21.4 Å². The number of amides is 1. The van der Waals surface area contributed by atoms with Crippen LogP contribution in [0.15, 0.2) is 54.6 Å². The Morgan fingerprint density at radius 3 is 2.25 bits per heavy atom. The van der Waals surface area contributed by atoms with Crippen molar-refractivity contribution in [2.24, 2.45) is 0 Å². The van der Waals surface area contributed by atoms with Gasteiger partial charge in [-0.2, -0.15) is 0 Å². The Morgan fingerprint density at radius 1 is 0.964 bits per heavy atom. The van der Waals surface area contributed by atoms with Crippen LogP contribution in [0.25, 0.3) is 0 Å². The van der Waals surface area contributed by atoms with Crippen molar-refractivity contribution in [3.63, 3.8) is 0 Å². The first kappa shape index (κ1) is 19.2. The maximum absolute atomic E-state index is 13.1. The third kappa shape index (κ3) is 3.71. The largest absolute Gasteiger partial charge is 0.306 e. The lowest BCUT2D eigenvalue weighted by molar-refractivity contribution is -0.123. The van der Waals surface area contributed by atoms with Crippen LogP contribution in [0.4, 0.5) is 5.69 Å². The van der Waals surface area contributed by atoms with Crippen LogP contribution in [0.2, 0.25) is 0 Å². The summed E-state index contributed by atoms with van der Waals surface area (Å²) >= 11 is 0. The van der Waals surface area contributed by atoms with E-state index in [4.69, 9.17) is 0 Å². The molecular formula is C22H26N2O3S. The number of benzene rings is 2. The van der Waals surface area contributed by atoms with Crippen LogP contribution in [0.5, 0.6) is 0 Å². The van der Waals surface area contributed by atoms with Gasteiger partial charge in [0.15, 0.2) is 9.84 Å². The summed E-state index contributed by atoms with van der Waals surface area (Å²) in [6.45, 7) is 5.07. The molecule has 2 fully saturated rings. The number of carbonyl (C=O) groups excluding carboxylic acids is 1. The van der Waals surface area contributed by atoms with Gasteiger partial charge in [0.2, 0.25) is 5.91 Å². The third-order valence-electron chi connectivity index (χ3n) is 5.77. The van der Waals surface area contributed by atoms with Crippen LogP contribution in [0.3, 0.4) is 0 Å². The summed E-state index contributed by atoms with van der Waals surface area (Å²) in [4.78, 5) is 16.8. The predicted octanol–water partition coefficient (Wildman–Crippen LogP) is 2.82. The lowest BCUT2D eigenvalue weighted by Crippen LogP contribution is -2.61. The van der Waals surface area contributed by atoms with Gasteiger partial charge in [0.05, 0.1) is 24.1 Å². The maximum atomic E-state index is 13.1. The van der Waals surface area contributed by atoms with E-state index in [9.17, 15) is 13.2 Å². The first-order chi connectivity index (χ1) is 13.3. The van der Waals surface area contributed by atoms with Crippen LogP contribution in [-0.2, 0) is 21.2 Å². The van der Waals surface area contributed by atoms with Crippen LogP contribution in [0.1, 0.15) is 30.9 Å². The van der Waals surface area contributed by atoms with Crippen molar-refractivity contribution in [2.75, 3.05) is 23.0 Å². The van der Waals surface area contributed by atoms with Gasteiger partial charge in [-0.3, -0.25) is 9.69 Å². The molecule has 2 heterocycles. The smallest absolute Gasteiger partial charge is 0.241 e. The van der Waals surface area contributed by atoms with E-state index in [0.29, 0.717) is 12.5 Å². The average Bonchev–Trinajstić information content (AvgIpc) is 2.98. The molecule has 2 atom stereocenters. The Kier molecular flexibility index (Phi) is 5.02. The Labute approximate surface area is 166 Å². The van der Waals surface area contributed by atoms with Crippen LogP contribution >= 0.6 is 0 Å². The summed E-state index contributed by atoms with van der Waals surface area (Å²) in [6, 6.07) is 17.4. The van der Waals surface area contributed by atoms with E-state index < -0.39 is 9.84 Å². The Morgan fingerprint density at radius 2 is 1.61 bits per heavy atom. The highest BCUT2D eigenvalue weighted by Crippen LogP contribution is 2.33. The van der Waals surface area contributed by atoms with E-state index in [0.717, 1.165) is 11.3 Å². The normalized spacial score (nSPS) is 24.5. The number of fused-ring (bicyclic) bond motifs is 1. The SMILES string of the molecule is CC(C)c1ccc(N2C(=O)CN(Cc3ccccc3)[C@H]3CS(=O)(=O)C[C@@H]32)cc1. The van der Waals surface area contributed by atoms with Crippen LogP contribution < -0.4 is 4.90 Å². The van der Waals surface area contributed by atoms with Gasteiger partial charge in [-0.05, 0) is 29.2 Å². The van der Waals surface area contributed by atoms with E-state index in [2.05, 4.69) is 13.8 Å². The van der Waals surface area contributed by atoms with Gasteiger partial charge in [0, 0.05) is 18.3 Å². The lowest BCUT2D eigenvalue weighted by atomic mass is 10.00. The summed E-state index contributed by atoms with van der Waals surface area (Å²) in [5.74, 6) is 0.512. The van der Waals surface area contributed by atoms with E-state index in [1.165, 1.54) is 5.56 Å². The number of rotatable bonds is 4. The number of nitrogens with zero attached hydrogens (tertiary/aromatic N) is 2. The molecular weight excluding hydrogens is 372 g/mol. The lowest BCUT2D eigenvalue weighted by Gasteiger charge is -2.43. The molecule has 0 saturated carbocycles. The first-order valence-corrected chi connectivity index (χ1v) is 11.6. The van der Waals surface area contributed by atoms with E-state index in [1.807, 2.05) is 59.5 Å². The molecule has 6 heteroatoms. The van der Waals surface area contributed by atoms with E-state index in [-0.39, 0.29) is 36.0 Å². The van der Waals surface area contributed by atoms with E-state index >= 15 is 0 Å². The fourth-order valence-corrected chi connectivity index (χ4v) is 6.29. The van der Waals surface area contributed by atoms with Crippen molar-refractivity contribution < 1.29 is 13.2 Å². The highest BCUT2D eigenvalue weighted by Gasteiger charge is 2.49. The van der Waals surface area contributed by atoms with Crippen LogP contribution in [-0.4, -0.2) is 49.4 Å². The van der Waals surface area contributed by atoms with E-state index in [1.54, 1.807) is 4.90 Å². The molecule has 2 aliphatic rings. The molecule has 1 amide bonds. The minimum atomic E-state index is -3.18. The number of hydrogen-bond donors (Lipinski definition) is 0. The highest BCUT2D eigenvalue weighted by molar-refractivity contribution is 7.91. The molecule has 0 unspecified atom stereocenters. The fourth-order valence-electron chi connectivity index (χ4n) is 4.30. The average molecular weight is 399 g/mol. The quantitative estimate of drug-likeness (QED) is 0.795. The number of anilines is 1. The molecule has 0 bridgehead atoms. The predicted molar refractivity (Wildman–Crippen MR) is 111 cm³/mol. The molecule has 0 spiro atoms. The topological polar surface area (TPSA) is 57.7 Å². The van der Waals surface area contributed by atoms with Crippen molar-refractivity contribution in [3.8, 4) is 0 Å². The number of piperazine rings is 1. The van der Waals surface area contributed by atoms with Gasteiger partial charge in [-0.1, -0.05) is 56.3 Å². The van der Waals surface area contributed by atoms with Gasteiger partial charge in [0.1, 0.15) is 0 Å². The minimum absolute atomic E-state index is 0.0284. The second-order valence-electron chi connectivity index (χ2n) is 8.11. The number of hydrogen-bond acceptors (Lipinski definition) is 4. The molecule has 0 aliphatic carbocycles. The standard InChI is InChI=1S/C22H26N2O3S/c1-16(2)18-8-10-19(11-9-18)24-21-15-28(26,27)14-20(21)23(13-22(24)25)12-17-6-4-3-5-7-17/h3-11,16,20-21H,12-15H2,1-2H3/t20-,21-/m0/s1. The van der Waals surface area contributed by atoms with Crippen molar-refractivity contribution in [1.82, 2.24) is 4.90 Å². The maximum Gasteiger partial charge on any atom is 0.241 e. The summed E-state index contributed by atoms with van der Waals surface area (Å²) < 4.78 is 24.9. The molecule has 0 radical (unpaired) electrons. The van der Waals surface area contributed by atoms with Gasteiger partial charge < -0.3 is 4.90 Å². The molecule has 2 aliphatic heterocycles. The summed E-state index contributed by atoms with van der Waals surface area (Å²) in [7, 11) is -3.18. The van der Waals surface area contributed by atoms with Gasteiger partial charge in [-0.25, -0.2) is 8.42 Å². The Hall–Kier alpha value is -2.18. The second kappa shape index (κ2) is 7.33. The number of carbonyl (C=O) groups is 1. The zero-order valence-electron chi connectivity index (χ0n) is 16.3. The summed E-state index contributed by atoms with van der Waals surface area (Å²) in [6.07, 6.45) is 0. The molecule has 2 saturated heterocycles. The fraction of sp³-hybridized carbons (Fsp3) is 0.409. The van der Waals surface area contributed by atoms with Crippen molar-refractivity contribution in [2.45, 2.75) is 38.4 Å². The third-order valence-corrected chi connectivity index (χ3v) is 7.47. The molecule has 2 aromatic rings. The zero-order valence-corrected chi connectivity index (χ0v) is 17.1. The van der Waals surface area contributed by atoms with Crippen LogP contribution in [0, 0.1) is 0 Å². The molecule has 0 aromatic heterocycles. The molecule has 4 rings (SSSR count). The Bertz CT molecular complexity index is 955. The van der Waals surface area contributed by atoms with Gasteiger partial charge in [0.25, 0.3) is 0 Å². The van der Waals surface area contributed by atoms with Crippen molar-refractivity contribution in [3.05, 3.63) is 65.7 Å². The molecule has 148 valence electrons. The highest BCUT2D eigenvalue weighted by atomic mass is 32.2. The second-order valence-corrected chi connectivity index (χ2v) is 10.3. The number of sulfone groups is 1. The monoisotopic (exact) mass is 398 g/mol. The Balaban J connectivity index is 1.64. The van der Waals surface area contributed by atoms with Crippen molar-refractivity contribution in [1.29, 1.82) is 0 Å². The van der Waals surface area contributed by atoms with Gasteiger partial charge in [-0.15, -0.1) is 0 Å². The zero-order chi connectivity index (χ0) is 19.9.